The second-order valence-corrected chi connectivity index (χ2v) is 5.81. The molecule has 2 amide bonds. The average molecular weight is 400 g/mol. The molecule has 2 unspecified atom stereocenters. The molecule has 12 heteroatoms. The van der Waals surface area contributed by atoms with Gasteiger partial charge in [-0.25, -0.2) is 9.78 Å². The molecular weight excluding hydrogens is 372 g/mol. The minimum Gasteiger partial charge on any atom is -0.481 e. The molecule has 9 N–H and O–H groups in total. The van der Waals surface area contributed by atoms with Crippen LogP contribution in [-0.2, 0) is 25.6 Å². The van der Waals surface area contributed by atoms with Crippen LogP contribution in [0.15, 0.2) is 12.5 Å². The number of nitrogens with one attached hydrogen (secondary N) is 3. The van der Waals surface area contributed by atoms with Crippen molar-refractivity contribution in [3.05, 3.63) is 18.2 Å². The number of hydrogen-bond donors (Lipinski definition) is 7. The summed E-state index contributed by atoms with van der Waals surface area (Å²) in [4.78, 5) is 50.8. The molecule has 0 aromatic carbocycles. The Hall–Kier alpha value is -2.99. The summed E-state index contributed by atoms with van der Waals surface area (Å²) < 4.78 is 0. The monoisotopic (exact) mass is 400 g/mol. The first-order valence-corrected chi connectivity index (χ1v) is 8.60. The maximum absolute atomic E-state index is 12.4. The van der Waals surface area contributed by atoms with Gasteiger partial charge in [-0.05, 0) is 25.8 Å². The molecule has 1 aromatic heterocycles. The van der Waals surface area contributed by atoms with E-state index in [9.17, 15) is 19.5 Å². The Balaban J connectivity index is 0.00000165. The van der Waals surface area contributed by atoms with E-state index >= 15 is 0 Å². The van der Waals surface area contributed by atoms with Crippen LogP contribution in [0.5, 0.6) is 0 Å². The Labute approximate surface area is 162 Å². The number of imidazole rings is 1. The third-order valence-electron chi connectivity index (χ3n) is 3.38. The minimum atomic E-state index is -1.13. The second-order valence-electron chi connectivity index (χ2n) is 5.81. The lowest BCUT2D eigenvalue weighted by molar-refractivity contribution is -0.142. The number of amides is 2. The van der Waals surface area contributed by atoms with Gasteiger partial charge in [-0.3, -0.25) is 14.4 Å². The van der Waals surface area contributed by atoms with Gasteiger partial charge in [-0.15, -0.1) is 0 Å². The molecule has 0 saturated carbocycles. The number of H-pyrrole nitrogens is 1. The number of aromatic amines is 1. The number of aliphatic carboxylic acids is 2. The molecule has 0 aliphatic heterocycles. The summed E-state index contributed by atoms with van der Waals surface area (Å²) in [5, 5.41) is 21.6. The maximum Gasteiger partial charge on any atom is 0.326 e. The molecule has 0 aliphatic rings. The normalized spacial score (nSPS) is 12.1. The van der Waals surface area contributed by atoms with Crippen LogP contribution in [0.1, 0.15) is 31.9 Å². The van der Waals surface area contributed by atoms with Crippen LogP contribution < -0.4 is 22.1 Å². The van der Waals surface area contributed by atoms with Crippen LogP contribution in [0.2, 0.25) is 0 Å². The van der Waals surface area contributed by atoms with Gasteiger partial charge in [-0.1, -0.05) is 0 Å². The number of hydrogen-bond acceptors (Lipinski definition) is 7. The number of carbonyl (C=O) groups excluding carboxylic acids is 2. The number of carboxylic acid groups (broad SMARTS) is 2. The summed E-state index contributed by atoms with van der Waals surface area (Å²) in [6, 6.07) is -1.99. The minimum absolute atomic E-state index is 0.146. The lowest BCUT2D eigenvalue weighted by atomic mass is 10.1. The molecule has 28 heavy (non-hydrogen) atoms. The molecule has 0 fully saturated rings. The predicted octanol–water partition coefficient (Wildman–Crippen LogP) is -1.81. The first-order chi connectivity index (χ1) is 13.2. The first-order valence-electron chi connectivity index (χ1n) is 8.60. The highest BCUT2D eigenvalue weighted by Crippen LogP contribution is 2.04. The second kappa shape index (κ2) is 14.1. The smallest absolute Gasteiger partial charge is 0.326 e. The number of carbonyl (C=O) groups is 4. The van der Waals surface area contributed by atoms with Crippen molar-refractivity contribution in [2.45, 2.75) is 44.7 Å². The lowest BCUT2D eigenvalue weighted by Crippen LogP contribution is -2.53. The molecule has 1 rings (SSSR count). The molecule has 0 saturated heterocycles. The van der Waals surface area contributed by atoms with Crippen molar-refractivity contribution in [3.8, 4) is 0 Å². The van der Waals surface area contributed by atoms with Gasteiger partial charge in [0.2, 0.25) is 11.8 Å². The van der Waals surface area contributed by atoms with Crippen molar-refractivity contribution in [2.24, 2.45) is 11.5 Å². The van der Waals surface area contributed by atoms with E-state index in [1.807, 2.05) is 0 Å². The summed E-state index contributed by atoms with van der Waals surface area (Å²) in [5.74, 6) is -3.07. The third kappa shape index (κ3) is 11.6. The van der Waals surface area contributed by atoms with E-state index in [2.05, 4.69) is 20.6 Å². The van der Waals surface area contributed by atoms with Crippen LogP contribution in [0.4, 0.5) is 0 Å². The number of aromatic nitrogens is 2. The van der Waals surface area contributed by atoms with E-state index < -0.39 is 35.8 Å². The van der Waals surface area contributed by atoms with Crippen molar-refractivity contribution in [2.75, 3.05) is 13.1 Å². The highest BCUT2D eigenvalue weighted by molar-refractivity contribution is 5.90. The molecule has 1 aromatic rings. The Kier molecular flexibility index (Phi) is 12.6. The van der Waals surface area contributed by atoms with Gasteiger partial charge in [0.05, 0.1) is 12.9 Å². The Morgan fingerprint density at radius 1 is 1.14 bits per heavy atom. The molecule has 0 spiro atoms. The zero-order valence-electron chi connectivity index (χ0n) is 15.7. The fourth-order valence-corrected chi connectivity index (χ4v) is 2.10. The van der Waals surface area contributed by atoms with E-state index in [1.165, 1.54) is 12.5 Å². The summed E-state index contributed by atoms with van der Waals surface area (Å²) in [6.07, 6.45) is 4.62. The molecule has 0 radical (unpaired) electrons. The zero-order valence-corrected chi connectivity index (χ0v) is 15.7. The summed E-state index contributed by atoms with van der Waals surface area (Å²) in [7, 11) is 0. The van der Waals surface area contributed by atoms with Crippen LogP contribution in [0.25, 0.3) is 0 Å². The van der Waals surface area contributed by atoms with Crippen molar-refractivity contribution in [1.82, 2.24) is 20.6 Å². The van der Waals surface area contributed by atoms with E-state index in [-0.39, 0.29) is 19.4 Å². The van der Waals surface area contributed by atoms with E-state index in [1.54, 1.807) is 0 Å². The number of nitrogens with zero attached hydrogens (tertiary/aromatic N) is 1. The van der Waals surface area contributed by atoms with Crippen LogP contribution in [0.3, 0.4) is 0 Å². The number of carboxylic acids is 2. The highest BCUT2D eigenvalue weighted by atomic mass is 16.4. The number of rotatable bonds is 11. The van der Waals surface area contributed by atoms with Gasteiger partial charge in [0.15, 0.2) is 0 Å². The van der Waals surface area contributed by atoms with E-state index in [0.29, 0.717) is 25.1 Å². The van der Waals surface area contributed by atoms with Gasteiger partial charge >= 0.3 is 5.97 Å². The largest absolute Gasteiger partial charge is 0.481 e. The van der Waals surface area contributed by atoms with Crippen molar-refractivity contribution >= 4 is 23.8 Å². The Morgan fingerprint density at radius 2 is 1.79 bits per heavy atom. The van der Waals surface area contributed by atoms with Crippen molar-refractivity contribution in [3.63, 3.8) is 0 Å². The van der Waals surface area contributed by atoms with Crippen LogP contribution in [-0.4, -0.2) is 69.1 Å². The fourth-order valence-electron chi connectivity index (χ4n) is 2.10. The standard InChI is InChI=1S/C14H24N6O4.C2H4O2/c15-4-2-1-3-10(14(23)24)20-13(22)11(19-12(21)6-16)5-9-7-17-8-18-9;1-2(3)4/h7-8,10-11H,1-6,15-16H2,(H,17,18)(H,19,21)(H,20,22)(H,23,24);1H3,(H,3,4). The SMILES string of the molecule is CC(=O)O.NCCCCC(NC(=O)C(Cc1cnc[nH]1)NC(=O)CN)C(=O)O. The molecule has 2 atom stereocenters. The quantitative estimate of drug-likeness (QED) is 0.208. The lowest BCUT2D eigenvalue weighted by Gasteiger charge is -2.21. The fraction of sp³-hybridized carbons (Fsp3) is 0.562. The molecular formula is C16H28N6O6. The maximum atomic E-state index is 12.4. The topological polar surface area (TPSA) is 214 Å². The first kappa shape index (κ1) is 25.0. The van der Waals surface area contributed by atoms with Gasteiger partial charge < -0.3 is 37.3 Å². The highest BCUT2D eigenvalue weighted by Gasteiger charge is 2.26. The van der Waals surface area contributed by atoms with Gasteiger partial charge in [-0.2, -0.15) is 0 Å². The molecule has 0 bridgehead atoms. The predicted molar refractivity (Wildman–Crippen MR) is 99.1 cm³/mol. The molecule has 0 aliphatic carbocycles. The van der Waals surface area contributed by atoms with Gasteiger partial charge in [0.1, 0.15) is 12.1 Å². The van der Waals surface area contributed by atoms with Crippen molar-refractivity contribution in [1.29, 1.82) is 0 Å². The third-order valence-corrected chi connectivity index (χ3v) is 3.38. The Bertz CT molecular complexity index is 617. The molecule has 158 valence electrons. The van der Waals surface area contributed by atoms with Gasteiger partial charge in [0.25, 0.3) is 5.97 Å². The molecule has 12 nitrogen and oxygen atoms in total. The van der Waals surface area contributed by atoms with Crippen LogP contribution in [0, 0.1) is 0 Å². The van der Waals surface area contributed by atoms with E-state index in [4.69, 9.17) is 21.4 Å². The summed E-state index contributed by atoms with van der Waals surface area (Å²) >= 11 is 0. The van der Waals surface area contributed by atoms with Crippen LogP contribution >= 0.6 is 0 Å². The number of unbranched alkanes of at least 4 members (excludes halogenated alkanes) is 1. The number of nitrogens with two attached hydrogens (primary N) is 2. The van der Waals surface area contributed by atoms with Crippen molar-refractivity contribution < 1.29 is 29.4 Å². The zero-order chi connectivity index (χ0) is 21.5. The van der Waals surface area contributed by atoms with E-state index in [0.717, 1.165) is 6.92 Å². The Morgan fingerprint density at radius 3 is 2.25 bits per heavy atom. The average Bonchev–Trinajstić information content (AvgIpc) is 3.12. The molecule has 1 heterocycles. The van der Waals surface area contributed by atoms with Gasteiger partial charge in [0, 0.05) is 25.2 Å². The summed E-state index contributed by atoms with van der Waals surface area (Å²) in [6.45, 7) is 1.26. The summed E-state index contributed by atoms with van der Waals surface area (Å²) in [5.41, 5.74) is 11.3.